The fourth-order valence-electron chi connectivity index (χ4n) is 1.78. The summed E-state index contributed by atoms with van der Waals surface area (Å²) in [6.45, 7) is 5.63. The van der Waals surface area contributed by atoms with E-state index in [2.05, 4.69) is 5.32 Å². The number of hydrogen-bond acceptors (Lipinski definition) is 3. The Hall–Kier alpha value is -2.04. The predicted molar refractivity (Wildman–Crippen MR) is 78.3 cm³/mol. The van der Waals surface area contributed by atoms with Crippen molar-refractivity contribution in [2.45, 2.75) is 32.6 Å². The van der Waals surface area contributed by atoms with Crippen LogP contribution in [0.15, 0.2) is 24.3 Å². The highest BCUT2D eigenvalue weighted by atomic mass is 16.4. The molecule has 0 spiro atoms. The molecule has 4 N–H and O–H groups in total. The minimum absolute atomic E-state index is 0.125. The van der Waals surface area contributed by atoms with Gasteiger partial charge in [0.05, 0.1) is 11.3 Å². The third kappa shape index (κ3) is 3.98. The Bertz CT molecular complexity index is 480. The van der Waals surface area contributed by atoms with Gasteiger partial charge in [-0.15, -0.1) is 0 Å². The van der Waals surface area contributed by atoms with Crippen molar-refractivity contribution in [3.8, 4) is 0 Å². The highest BCUT2D eigenvalue weighted by molar-refractivity contribution is 5.87. The number of nitrogens with two attached hydrogens (primary N) is 1. The number of carbonyl (C=O) groups is 2. The van der Waals surface area contributed by atoms with Crippen LogP contribution in [0, 0.1) is 5.92 Å². The largest absolute Gasteiger partial charge is 0.481 e. The third-order valence-electron chi connectivity index (χ3n) is 3.48. The molecule has 5 nitrogen and oxygen atoms in total. The van der Waals surface area contributed by atoms with Gasteiger partial charge >= 0.3 is 5.97 Å². The van der Waals surface area contributed by atoms with Crippen molar-refractivity contribution in [1.82, 2.24) is 5.32 Å². The molecule has 1 aromatic carbocycles. The first kappa shape index (κ1) is 16.0. The molecule has 0 aliphatic rings. The average molecular weight is 278 g/mol. The normalized spacial score (nSPS) is 12.8. The molecular weight excluding hydrogens is 256 g/mol. The number of aliphatic carboxylic acids is 1. The van der Waals surface area contributed by atoms with Crippen molar-refractivity contribution in [3.63, 3.8) is 0 Å². The number of rotatable bonds is 6. The van der Waals surface area contributed by atoms with Crippen LogP contribution in [-0.2, 0) is 15.0 Å². The van der Waals surface area contributed by atoms with Crippen molar-refractivity contribution >= 4 is 17.6 Å². The zero-order valence-electron chi connectivity index (χ0n) is 12.1. The standard InChI is InChI=1S/C15H22N2O3/c1-10(13(18)19)8-9-17-14(20)15(2,3)11-4-6-12(16)7-5-11/h4-7,10H,8-9,16H2,1-3H3,(H,17,20)(H,18,19). The maximum atomic E-state index is 12.2. The highest BCUT2D eigenvalue weighted by Crippen LogP contribution is 2.24. The first-order valence-electron chi connectivity index (χ1n) is 6.62. The van der Waals surface area contributed by atoms with Crippen LogP contribution in [0.5, 0.6) is 0 Å². The van der Waals surface area contributed by atoms with E-state index in [1.807, 2.05) is 26.0 Å². The molecule has 5 heteroatoms. The van der Waals surface area contributed by atoms with Crippen LogP contribution in [0.3, 0.4) is 0 Å². The number of carboxylic acids is 1. The van der Waals surface area contributed by atoms with Gasteiger partial charge in [-0.25, -0.2) is 0 Å². The van der Waals surface area contributed by atoms with Crippen LogP contribution in [0.4, 0.5) is 5.69 Å². The lowest BCUT2D eigenvalue weighted by atomic mass is 9.83. The smallest absolute Gasteiger partial charge is 0.306 e. The molecule has 0 bridgehead atoms. The number of carboxylic acid groups (broad SMARTS) is 1. The molecular formula is C15H22N2O3. The van der Waals surface area contributed by atoms with Crippen LogP contribution in [0.1, 0.15) is 32.8 Å². The average Bonchev–Trinajstić information content (AvgIpc) is 2.38. The van der Waals surface area contributed by atoms with Gasteiger partial charge in [0.2, 0.25) is 5.91 Å². The number of nitrogen functional groups attached to an aromatic ring is 1. The summed E-state index contributed by atoms with van der Waals surface area (Å²) in [5.41, 5.74) is 6.48. The Morgan fingerprint density at radius 3 is 2.35 bits per heavy atom. The Morgan fingerprint density at radius 2 is 1.85 bits per heavy atom. The fraction of sp³-hybridized carbons (Fsp3) is 0.467. The van der Waals surface area contributed by atoms with Crippen molar-refractivity contribution in [1.29, 1.82) is 0 Å². The summed E-state index contributed by atoms with van der Waals surface area (Å²) in [5.74, 6) is -1.44. The summed E-state index contributed by atoms with van der Waals surface area (Å²) in [6, 6.07) is 7.18. The topological polar surface area (TPSA) is 92.4 Å². The third-order valence-corrected chi connectivity index (χ3v) is 3.48. The fourth-order valence-corrected chi connectivity index (χ4v) is 1.78. The van der Waals surface area contributed by atoms with E-state index in [1.54, 1.807) is 19.1 Å². The van der Waals surface area contributed by atoms with Crippen LogP contribution < -0.4 is 11.1 Å². The maximum Gasteiger partial charge on any atom is 0.306 e. The van der Waals surface area contributed by atoms with E-state index in [-0.39, 0.29) is 5.91 Å². The molecule has 0 saturated heterocycles. The summed E-state index contributed by atoms with van der Waals surface area (Å²) < 4.78 is 0. The van der Waals surface area contributed by atoms with Gasteiger partial charge in [-0.3, -0.25) is 9.59 Å². The summed E-state index contributed by atoms with van der Waals surface area (Å²) >= 11 is 0. The highest BCUT2D eigenvalue weighted by Gasteiger charge is 2.29. The second-order valence-electron chi connectivity index (χ2n) is 5.53. The van der Waals surface area contributed by atoms with Gasteiger partial charge in [-0.05, 0) is 38.0 Å². The van der Waals surface area contributed by atoms with Gasteiger partial charge in [0.1, 0.15) is 0 Å². The monoisotopic (exact) mass is 278 g/mol. The lowest BCUT2D eigenvalue weighted by Crippen LogP contribution is -2.41. The van der Waals surface area contributed by atoms with Gasteiger partial charge in [0.15, 0.2) is 0 Å². The molecule has 110 valence electrons. The van der Waals surface area contributed by atoms with Crippen molar-refractivity contribution < 1.29 is 14.7 Å². The van der Waals surface area contributed by atoms with Gasteiger partial charge in [-0.1, -0.05) is 19.1 Å². The van der Waals surface area contributed by atoms with Gasteiger partial charge < -0.3 is 16.2 Å². The van der Waals surface area contributed by atoms with Crippen LogP contribution in [0.2, 0.25) is 0 Å². The number of carbonyl (C=O) groups excluding carboxylic acids is 1. The molecule has 0 fully saturated rings. The summed E-state index contributed by atoms with van der Waals surface area (Å²) in [5, 5.41) is 11.6. The summed E-state index contributed by atoms with van der Waals surface area (Å²) in [6.07, 6.45) is 0.416. The quantitative estimate of drug-likeness (QED) is 0.691. The Kier molecular flexibility index (Phi) is 5.13. The van der Waals surface area contributed by atoms with Crippen molar-refractivity contribution in [3.05, 3.63) is 29.8 Å². The zero-order chi connectivity index (χ0) is 15.3. The first-order chi connectivity index (χ1) is 9.25. The summed E-state index contributed by atoms with van der Waals surface area (Å²) in [7, 11) is 0. The molecule has 20 heavy (non-hydrogen) atoms. The van der Waals surface area contributed by atoms with Crippen LogP contribution in [0.25, 0.3) is 0 Å². The van der Waals surface area contributed by atoms with Crippen LogP contribution >= 0.6 is 0 Å². The number of amides is 1. The van der Waals surface area contributed by atoms with Crippen LogP contribution in [-0.4, -0.2) is 23.5 Å². The van der Waals surface area contributed by atoms with E-state index in [4.69, 9.17) is 10.8 Å². The number of benzene rings is 1. The number of hydrogen-bond donors (Lipinski definition) is 3. The number of nitrogens with one attached hydrogen (secondary N) is 1. The van der Waals surface area contributed by atoms with Gasteiger partial charge in [0, 0.05) is 12.2 Å². The van der Waals surface area contributed by atoms with Gasteiger partial charge in [0.25, 0.3) is 0 Å². The van der Waals surface area contributed by atoms with Crippen molar-refractivity contribution in [2.24, 2.45) is 5.92 Å². The lowest BCUT2D eigenvalue weighted by molar-refractivity contribution is -0.141. The predicted octanol–water partition coefficient (Wildman–Crippen LogP) is 1.77. The van der Waals surface area contributed by atoms with E-state index in [1.165, 1.54) is 0 Å². The van der Waals surface area contributed by atoms with Crippen molar-refractivity contribution in [2.75, 3.05) is 12.3 Å². The first-order valence-corrected chi connectivity index (χ1v) is 6.62. The summed E-state index contributed by atoms with van der Waals surface area (Å²) in [4.78, 5) is 22.9. The van der Waals surface area contributed by atoms with E-state index in [0.29, 0.717) is 18.7 Å². The maximum absolute atomic E-state index is 12.2. The molecule has 0 aliphatic heterocycles. The molecule has 0 saturated carbocycles. The minimum Gasteiger partial charge on any atom is -0.481 e. The second kappa shape index (κ2) is 6.41. The minimum atomic E-state index is -0.850. The SMILES string of the molecule is CC(CCNC(=O)C(C)(C)c1ccc(N)cc1)C(=O)O. The van der Waals surface area contributed by atoms with E-state index < -0.39 is 17.3 Å². The molecule has 1 rings (SSSR count). The Morgan fingerprint density at radius 1 is 1.30 bits per heavy atom. The van der Waals surface area contributed by atoms with E-state index in [0.717, 1.165) is 5.56 Å². The Labute approximate surface area is 119 Å². The Balaban J connectivity index is 2.61. The molecule has 1 atom stereocenters. The molecule has 1 unspecified atom stereocenters. The van der Waals surface area contributed by atoms with E-state index >= 15 is 0 Å². The molecule has 1 aromatic rings. The van der Waals surface area contributed by atoms with Gasteiger partial charge in [-0.2, -0.15) is 0 Å². The molecule has 0 radical (unpaired) electrons. The molecule has 0 aromatic heterocycles. The molecule has 1 amide bonds. The second-order valence-corrected chi connectivity index (χ2v) is 5.53. The number of anilines is 1. The lowest BCUT2D eigenvalue weighted by Gasteiger charge is -2.24. The molecule has 0 heterocycles. The molecule has 0 aliphatic carbocycles. The zero-order valence-corrected chi connectivity index (χ0v) is 12.1. The van der Waals surface area contributed by atoms with E-state index in [9.17, 15) is 9.59 Å².